The van der Waals surface area contributed by atoms with Crippen molar-refractivity contribution in [2.24, 2.45) is 0 Å². The Morgan fingerprint density at radius 1 is 1.44 bits per heavy atom. The van der Waals surface area contributed by atoms with Crippen LogP contribution in [0.25, 0.3) is 0 Å². The summed E-state index contributed by atoms with van der Waals surface area (Å²) in [6.45, 7) is 2.09. The van der Waals surface area contributed by atoms with Gasteiger partial charge in [-0.1, -0.05) is 24.3 Å². The van der Waals surface area contributed by atoms with Crippen LogP contribution in [0.4, 0.5) is 0 Å². The largest absolute Gasteiger partial charge is 0.391 e. The smallest absolute Gasteiger partial charge is 0.109 e. The van der Waals surface area contributed by atoms with Crippen LogP contribution in [0, 0.1) is 0 Å². The number of nitrogens with zero attached hydrogens (tertiary/aromatic N) is 1. The second-order valence-electron chi connectivity index (χ2n) is 4.71. The molecule has 1 aliphatic rings. The van der Waals surface area contributed by atoms with Crippen LogP contribution in [0.1, 0.15) is 35.1 Å². The molecule has 2 aromatic rings. The van der Waals surface area contributed by atoms with E-state index in [0.29, 0.717) is 0 Å². The summed E-state index contributed by atoms with van der Waals surface area (Å²) in [5.74, 6) is 0. The van der Waals surface area contributed by atoms with Gasteiger partial charge in [0.05, 0.1) is 18.2 Å². The molecule has 0 saturated heterocycles. The first-order valence-corrected chi connectivity index (χ1v) is 7.05. The Bertz CT molecular complexity index is 526. The minimum absolute atomic E-state index is 0.0140. The molecule has 2 N–H and O–H groups in total. The number of benzene rings is 1. The first-order valence-electron chi connectivity index (χ1n) is 6.17. The van der Waals surface area contributed by atoms with E-state index in [2.05, 4.69) is 29.4 Å². The molecular weight excluding hydrogens is 244 g/mol. The highest BCUT2D eigenvalue weighted by Crippen LogP contribution is 2.33. The molecule has 4 heteroatoms. The molecule has 0 radical (unpaired) electrons. The lowest BCUT2D eigenvalue weighted by atomic mass is 10.1. The van der Waals surface area contributed by atoms with Gasteiger partial charge in [0, 0.05) is 18.0 Å². The maximum Gasteiger partial charge on any atom is 0.109 e. The SMILES string of the molecule is CC(NC1c2ccccc2CC1O)c1nccs1. The third-order valence-corrected chi connectivity index (χ3v) is 4.41. The number of fused-ring (bicyclic) bond motifs is 1. The molecule has 0 amide bonds. The average Bonchev–Trinajstić information content (AvgIpc) is 2.98. The van der Waals surface area contributed by atoms with Gasteiger partial charge in [-0.05, 0) is 18.1 Å². The van der Waals surface area contributed by atoms with E-state index in [9.17, 15) is 5.11 Å². The molecule has 0 saturated carbocycles. The number of aliphatic hydroxyl groups is 1. The Hall–Kier alpha value is -1.23. The van der Waals surface area contributed by atoms with E-state index in [4.69, 9.17) is 0 Å². The Kier molecular flexibility index (Phi) is 3.16. The van der Waals surface area contributed by atoms with Crippen LogP contribution in [0.3, 0.4) is 0 Å². The number of rotatable bonds is 3. The molecule has 3 atom stereocenters. The zero-order chi connectivity index (χ0) is 12.5. The molecule has 0 aliphatic heterocycles. The highest BCUT2D eigenvalue weighted by molar-refractivity contribution is 7.09. The van der Waals surface area contributed by atoms with Crippen molar-refractivity contribution in [2.45, 2.75) is 31.5 Å². The van der Waals surface area contributed by atoms with Crippen molar-refractivity contribution in [2.75, 3.05) is 0 Å². The van der Waals surface area contributed by atoms with Crippen LogP contribution in [0.5, 0.6) is 0 Å². The predicted molar refractivity (Wildman–Crippen MR) is 72.6 cm³/mol. The fourth-order valence-electron chi connectivity index (χ4n) is 2.56. The quantitative estimate of drug-likeness (QED) is 0.891. The lowest BCUT2D eigenvalue weighted by Gasteiger charge is -2.21. The summed E-state index contributed by atoms with van der Waals surface area (Å²) in [6.07, 6.45) is 2.21. The maximum atomic E-state index is 10.2. The van der Waals surface area contributed by atoms with Crippen molar-refractivity contribution in [3.8, 4) is 0 Å². The molecule has 3 nitrogen and oxygen atoms in total. The van der Waals surface area contributed by atoms with Crippen LogP contribution in [-0.4, -0.2) is 16.2 Å². The fraction of sp³-hybridized carbons (Fsp3) is 0.357. The molecule has 1 aromatic carbocycles. The second-order valence-corrected chi connectivity index (χ2v) is 5.63. The van der Waals surface area contributed by atoms with Crippen LogP contribution in [0.2, 0.25) is 0 Å². The highest BCUT2D eigenvalue weighted by atomic mass is 32.1. The minimum atomic E-state index is -0.343. The van der Waals surface area contributed by atoms with Crippen LogP contribution in [-0.2, 0) is 6.42 Å². The zero-order valence-electron chi connectivity index (χ0n) is 10.2. The van der Waals surface area contributed by atoms with Gasteiger partial charge in [0.25, 0.3) is 0 Å². The van der Waals surface area contributed by atoms with E-state index in [1.165, 1.54) is 11.1 Å². The Morgan fingerprint density at radius 3 is 3.06 bits per heavy atom. The minimum Gasteiger partial charge on any atom is -0.391 e. The van der Waals surface area contributed by atoms with Gasteiger partial charge in [-0.15, -0.1) is 11.3 Å². The molecule has 18 heavy (non-hydrogen) atoms. The first-order chi connectivity index (χ1) is 8.75. The van der Waals surface area contributed by atoms with Gasteiger partial charge in [-0.3, -0.25) is 5.32 Å². The van der Waals surface area contributed by atoms with E-state index in [-0.39, 0.29) is 18.2 Å². The third-order valence-electron chi connectivity index (χ3n) is 3.46. The third kappa shape index (κ3) is 2.07. The summed E-state index contributed by atoms with van der Waals surface area (Å²) in [7, 11) is 0. The molecule has 3 unspecified atom stereocenters. The van der Waals surface area contributed by atoms with Gasteiger partial charge in [0.2, 0.25) is 0 Å². The summed E-state index contributed by atoms with van der Waals surface area (Å²) in [5.41, 5.74) is 2.46. The first kappa shape index (κ1) is 11.8. The zero-order valence-corrected chi connectivity index (χ0v) is 11.0. The number of aliphatic hydroxyl groups excluding tert-OH is 1. The number of hydrogen-bond donors (Lipinski definition) is 2. The van der Waals surface area contributed by atoms with Gasteiger partial charge >= 0.3 is 0 Å². The summed E-state index contributed by atoms with van der Waals surface area (Å²) >= 11 is 1.64. The molecule has 0 spiro atoms. The molecule has 1 aliphatic carbocycles. The maximum absolute atomic E-state index is 10.2. The lowest BCUT2D eigenvalue weighted by Crippen LogP contribution is -2.30. The molecule has 1 heterocycles. The number of nitrogens with one attached hydrogen (secondary N) is 1. The lowest BCUT2D eigenvalue weighted by molar-refractivity contribution is 0.136. The highest BCUT2D eigenvalue weighted by Gasteiger charge is 2.31. The molecule has 3 rings (SSSR count). The topological polar surface area (TPSA) is 45.1 Å². The van der Waals surface area contributed by atoms with Gasteiger partial charge < -0.3 is 5.11 Å². The Labute approximate surface area is 111 Å². The van der Waals surface area contributed by atoms with Crippen LogP contribution < -0.4 is 5.32 Å². The van der Waals surface area contributed by atoms with Gasteiger partial charge in [0.1, 0.15) is 5.01 Å². The van der Waals surface area contributed by atoms with Crippen molar-refractivity contribution < 1.29 is 5.11 Å². The van der Waals surface area contributed by atoms with Gasteiger partial charge in [-0.2, -0.15) is 0 Å². The van der Waals surface area contributed by atoms with Crippen LogP contribution in [0.15, 0.2) is 35.8 Å². The Morgan fingerprint density at radius 2 is 2.28 bits per heavy atom. The van der Waals surface area contributed by atoms with Crippen LogP contribution >= 0.6 is 11.3 Å². The monoisotopic (exact) mass is 260 g/mol. The normalized spacial score (nSPS) is 23.9. The fourth-order valence-corrected chi connectivity index (χ4v) is 3.22. The standard InChI is InChI=1S/C14H16N2OS/c1-9(14-15-6-7-18-14)16-13-11-5-3-2-4-10(11)8-12(13)17/h2-7,9,12-13,16-17H,8H2,1H3. The number of aromatic nitrogens is 1. The van der Waals surface area contributed by atoms with Gasteiger partial charge in [0.15, 0.2) is 0 Å². The molecule has 0 bridgehead atoms. The summed E-state index contributed by atoms with van der Waals surface area (Å²) < 4.78 is 0. The van der Waals surface area contributed by atoms with E-state index in [1.54, 1.807) is 11.3 Å². The molecule has 94 valence electrons. The van der Waals surface area contributed by atoms with Crippen molar-refractivity contribution in [1.82, 2.24) is 10.3 Å². The number of thiazole rings is 1. The van der Waals surface area contributed by atoms with E-state index in [0.717, 1.165) is 11.4 Å². The van der Waals surface area contributed by atoms with E-state index >= 15 is 0 Å². The summed E-state index contributed by atoms with van der Waals surface area (Å²) in [6, 6.07) is 8.42. The van der Waals surface area contributed by atoms with E-state index < -0.39 is 0 Å². The van der Waals surface area contributed by atoms with Gasteiger partial charge in [-0.25, -0.2) is 4.98 Å². The Balaban J connectivity index is 1.81. The second kappa shape index (κ2) is 4.80. The average molecular weight is 260 g/mol. The molecule has 0 fully saturated rings. The summed E-state index contributed by atoms with van der Waals surface area (Å²) in [5, 5.41) is 16.7. The predicted octanol–water partition coefficient (Wildman–Crippen LogP) is 2.45. The van der Waals surface area contributed by atoms with Crippen molar-refractivity contribution in [3.63, 3.8) is 0 Å². The molecular formula is C14H16N2OS. The van der Waals surface area contributed by atoms with Crippen molar-refractivity contribution in [1.29, 1.82) is 0 Å². The summed E-state index contributed by atoms with van der Waals surface area (Å²) in [4.78, 5) is 4.31. The van der Waals surface area contributed by atoms with E-state index in [1.807, 2.05) is 23.7 Å². The number of hydrogen-bond acceptors (Lipinski definition) is 4. The molecule has 1 aromatic heterocycles. The van der Waals surface area contributed by atoms with Crippen molar-refractivity contribution >= 4 is 11.3 Å². The van der Waals surface area contributed by atoms with Crippen molar-refractivity contribution in [3.05, 3.63) is 52.0 Å².